The van der Waals surface area contributed by atoms with Gasteiger partial charge in [-0.3, -0.25) is 9.00 Å². The summed E-state index contributed by atoms with van der Waals surface area (Å²) >= 11 is 11.8. The highest BCUT2D eigenvalue weighted by molar-refractivity contribution is 7.84. The largest absolute Gasteiger partial charge is 0.349 e. The van der Waals surface area contributed by atoms with Crippen LogP contribution < -0.4 is 5.32 Å². The highest BCUT2D eigenvalue weighted by Crippen LogP contribution is 2.22. The van der Waals surface area contributed by atoms with Crippen molar-refractivity contribution in [2.24, 2.45) is 0 Å². The lowest BCUT2D eigenvalue weighted by molar-refractivity contribution is -0.119. The molecule has 3 nitrogen and oxygen atoms in total. The van der Waals surface area contributed by atoms with E-state index >= 15 is 0 Å². The van der Waals surface area contributed by atoms with Crippen molar-refractivity contribution in [1.29, 1.82) is 0 Å². The Labute approximate surface area is 156 Å². The highest BCUT2D eigenvalue weighted by atomic mass is 35.5. The van der Waals surface area contributed by atoms with Gasteiger partial charge in [0, 0.05) is 32.5 Å². The number of halogens is 4. The molecule has 0 aliphatic heterocycles. The molecule has 1 amide bonds. The zero-order valence-electron chi connectivity index (χ0n) is 13.2. The van der Waals surface area contributed by atoms with Gasteiger partial charge in [0.1, 0.15) is 17.4 Å². The Balaban J connectivity index is 1.93. The molecule has 2 rings (SSSR count). The quantitative estimate of drug-likeness (QED) is 0.773. The lowest BCUT2D eigenvalue weighted by Crippen LogP contribution is -2.31. The molecule has 0 fully saturated rings. The van der Waals surface area contributed by atoms with Crippen LogP contribution in [0.4, 0.5) is 8.78 Å². The Kier molecular flexibility index (Phi) is 6.93. The molecule has 0 heterocycles. The standard InChI is InChI=1S/C17H15Cl2F2NO2S/c1-10(14-5-4-13(20)7-16(14)21)22-17(23)9-25(24)8-11-2-3-12(18)6-15(11)19/h2-7,10H,8-9H2,1H3,(H,22,23)/t10-,25+/m0/s1. The van der Waals surface area contributed by atoms with Gasteiger partial charge in [-0.1, -0.05) is 35.3 Å². The van der Waals surface area contributed by atoms with E-state index in [1.165, 1.54) is 12.1 Å². The van der Waals surface area contributed by atoms with E-state index in [0.29, 0.717) is 15.6 Å². The van der Waals surface area contributed by atoms with Crippen LogP contribution in [0.1, 0.15) is 24.1 Å². The molecule has 25 heavy (non-hydrogen) atoms. The van der Waals surface area contributed by atoms with Crippen LogP contribution in [0.5, 0.6) is 0 Å². The number of rotatable bonds is 6. The molecule has 0 spiro atoms. The minimum Gasteiger partial charge on any atom is -0.349 e. The molecule has 0 saturated carbocycles. The van der Waals surface area contributed by atoms with Gasteiger partial charge in [-0.25, -0.2) is 8.78 Å². The van der Waals surface area contributed by atoms with E-state index in [1.807, 2.05) is 0 Å². The van der Waals surface area contributed by atoms with Gasteiger partial charge in [0.2, 0.25) is 5.91 Å². The zero-order chi connectivity index (χ0) is 18.6. The molecule has 134 valence electrons. The van der Waals surface area contributed by atoms with Crippen LogP contribution in [0, 0.1) is 11.6 Å². The van der Waals surface area contributed by atoms with Crippen molar-refractivity contribution >= 4 is 39.9 Å². The van der Waals surface area contributed by atoms with Crippen molar-refractivity contribution in [3.05, 3.63) is 69.2 Å². The number of nitrogens with one attached hydrogen (secondary N) is 1. The maximum absolute atomic E-state index is 13.7. The average Bonchev–Trinajstić information content (AvgIpc) is 2.49. The summed E-state index contributed by atoms with van der Waals surface area (Å²) in [5.41, 5.74) is 0.774. The van der Waals surface area contributed by atoms with Gasteiger partial charge in [0.15, 0.2) is 0 Å². The molecule has 0 aromatic heterocycles. The van der Waals surface area contributed by atoms with Crippen LogP contribution >= 0.6 is 23.2 Å². The zero-order valence-corrected chi connectivity index (χ0v) is 15.5. The molecule has 8 heteroatoms. The molecular weight excluding hydrogens is 391 g/mol. The first kappa shape index (κ1) is 19.8. The second-order valence-corrected chi connectivity index (χ2v) is 7.72. The average molecular weight is 406 g/mol. The molecule has 0 saturated heterocycles. The Bertz CT molecular complexity index is 817. The van der Waals surface area contributed by atoms with Crippen molar-refractivity contribution in [2.45, 2.75) is 18.7 Å². The number of carbonyl (C=O) groups excluding carboxylic acids is 1. The van der Waals surface area contributed by atoms with Gasteiger partial charge in [-0.05, 0) is 30.7 Å². The van der Waals surface area contributed by atoms with E-state index in [0.717, 1.165) is 12.1 Å². The second kappa shape index (κ2) is 8.74. The SMILES string of the molecule is C[C@H](NC(=O)C[S@](=O)Cc1ccc(Cl)cc1Cl)c1ccc(F)cc1F. The molecule has 0 aliphatic carbocycles. The lowest BCUT2D eigenvalue weighted by atomic mass is 10.1. The fraction of sp³-hybridized carbons (Fsp3) is 0.235. The summed E-state index contributed by atoms with van der Waals surface area (Å²) < 4.78 is 38.7. The minimum absolute atomic E-state index is 0.0999. The summed E-state index contributed by atoms with van der Waals surface area (Å²) in [4.78, 5) is 12.0. The Morgan fingerprint density at radius 1 is 1.20 bits per heavy atom. The topological polar surface area (TPSA) is 46.2 Å². The Morgan fingerprint density at radius 3 is 2.56 bits per heavy atom. The van der Waals surface area contributed by atoms with Gasteiger partial charge >= 0.3 is 0 Å². The van der Waals surface area contributed by atoms with E-state index in [-0.39, 0.29) is 17.1 Å². The normalized spacial score (nSPS) is 13.3. The first-order valence-electron chi connectivity index (χ1n) is 7.29. The van der Waals surface area contributed by atoms with Crippen LogP contribution in [0.15, 0.2) is 36.4 Å². The molecule has 2 atom stereocenters. The molecule has 2 aromatic rings. The third-order valence-corrected chi connectivity index (χ3v) is 5.23. The summed E-state index contributed by atoms with van der Waals surface area (Å²) in [7, 11) is -1.49. The fourth-order valence-electron chi connectivity index (χ4n) is 2.22. The first-order valence-corrected chi connectivity index (χ1v) is 9.54. The van der Waals surface area contributed by atoms with Crippen molar-refractivity contribution in [1.82, 2.24) is 5.32 Å². The monoisotopic (exact) mass is 405 g/mol. The second-order valence-electron chi connectivity index (χ2n) is 5.42. The van der Waals surface area contributed by atoms with E-state index in [1.54, 1.807) is 19.1 Å². The number of hydrogen-bond acceptors (Lipinski definition) is 2. The van der Waals surface area contributed by atoms with Crippen LogP contribution in [0.2, 0.25) is 10.0 Å². The smallest absolute Gasteiger partial charge is 0.233 e. The van der Waals surface area contributed by atoms with Crippen LogP contribution in [0.3, 0.4) is 0 Å². The molecule has 0 radical (unpaired) electrons. The summed E-state index contributed by atoms with van der Waals surface area (Å²) in [5, 5.41) is 3.39. The van der Waals surface area contributed by atoms with Gasteiger partial charge in [0.25, 0.3) is 0 Å². The van der Waals surface area contributed by atoms with Gasteiger partial charge in [-0.2, -0.15) is 0 Å². The van der Waals surface area contributed by atoms with E-state index in [4.69, 9.17) is 23.2 Å². The van der Waals surface area contributed by atoms with E-state index in [2.05, 4.69) is 5.32 Å². The predicted octanol–water partition coefficient (Wildman–Crippen LogP) is 4.40. The summed E-state index contributed by atoms with van der Waals surface area (Å²) in [6.45, 7) is 1.56. The molecule has 0 unspecified atom stereocenters. The maximum Gasteiger partial charge on any atom is 0.233 e. The van der Waals surface area contributed by atoms with Crippen LogP contribution in [-0.4, -0.2) is 15.9 Å². The Morgan fingerprint density at radius 2 is 1.92 bits per heavy atom. The summed E-state index contributed by atoms with van der Waals surface area (Å²) in [6.07, 6.45) is 0. The first-order chi connectivity index (χ1) is 11.8. The van der Waals surface area contributed by atoms with Gasteiger partial charge in [0.05, 0.1) is 11.8 Å². The van der Waals surface area contributed by atoms with Crippen molar-refractivity contribution in [3.8, 4) is 0 Å². The van der Waals surface area contributed by atoms with Gasteiger partial charge in [-0.15, -0.1) is 0 Å². The fourth-order valence-corrected chi connectivity index (χ4v) is 3.85. The molecule has 1 N–H and O–H groups in total. The third kappa shape index (κ3) is 5.76. The number of benzene rings is 2. The number of carbonyl (C=O) groups is 1. The predicted molar refractivity (Wildman–Crippen MR) is 96.1 cm³/mol. The Hall–Kier alpha value is -1.50. The van der Waals surface area contributed by atoms with Crippen LogP contribution in [0.25, 0.3) is 0 Å². The number of amides is 1. The molecule has 0 aliphatic rings. The maximum atomic E-state index is 13.7. The van der Waals surface area contributed by atoms with Crippen LogP contribution in [-0.2, 0) is 21.3 Å². The minimum atomic E-state index is -1.49. The molecule has 0 bridgehead atoms. The molecular formula is C17H15Cl2F2NO2S. The summed E-state index contributed by atoms with van der Waals surface area (Å²) in [5.74, 6) is -2.10. The van der Waals surface area contributed by atoms with Crippen molar-refractivity contribution in [3.63, 3.8) is 0 Å². The van der Waals surface area contributed by atoms with Crippen molar-refractivity contribution in [2.75, 3.05) is 5.75 Å². The number of hydrogen-bond donors (Lipinski definition) is 1. The highest BCUT2D eigenvalue weighted by Gasteiger charge is 2.16. The van der Waals surface area contributed by atoms with E-state index in [9.17, 15) is 17.8 Å². The lowest BCUT2D eigenvalue weighted by Gasteiger charge is -2.15. The van der Waals surface area contributed by atoms with E-state index < -0.39 is 34.4 Å². The van der Waals surface area contributed by atoms with Gasteiger partial charge < -0.3 is 5.32 Å². The van der Waals surface area contributed by atoms with Crippen molar-refractivity contribution < 1.29 is 17.8 Å². The third-order valence-electron chi connectivity index (χ3n) is 3.43. The summed E-state index contributed by atoms with van der Waals surface area (Å²) in [6, 6.07) is 7.26. The molecule has 2 aromatic carbocycles.